The van der Waals surface area contributed by atoms with Gasteiger partial charge in [-0.05, 0) is 51.2 Å². The van der Waals surface area contributed by atoms with E-state index in [0.717, 1.165) is 14.9 Å². The summed E-state index contributed by atoms with van der Waals surface area (Å²) in [6.45, 7) is 0. The van der Waals surface area contributed by atoms with Crippen molar-refractivity contribution in [2.24, 2.45) is 0 Å². The predicted octanol–water partition coefficient (Wildman–Crippen LogP) is 3.19. The Kier molecular flexibility index (Phi) is 2.79. The van der Waals surface area contributed by atoms with Gasteiger partial charge in [0.2, 0.25) is 0 Å². The number of anilines is 1. The highest BCUT2D eigenvalue weighted by atomic mass is 127. The van der Waals surface area contributed by atoms with Crippen LogP contribution in [0, 0.1) is 6.45 Å². The van der Waals surface area contributed by atoms with Crippen LogP contribution < -0.4 is 5.73 Å². The Balaban J connectivity index is 2.52. The molecule has 0 aliphatic rings. The second kappa shape index (κ2) is 3.73. The average molecular weight is 418 g/mol. The third kappa shape index (κ3) is 1.84. The van der Waals surface area contributed by atoms with Crippen molar-refractivity contribution in [3.63, 3.8) is 0 Å². The van der Waals surface area contributed by atoms with Gasteiger partial charge >= 0.3 is 0 Å². The largest absolute Gasteiger partial charge is 0.380 e. The molecule has 0 saturated heterocycles. The third-order valence-corrected chi connectivity index (χ3v) is 4.32. The fourth-order valence-electron chi connectivity index (χ4n) is 0.900. The molecule has 0 aromatic carbocycles. The van der Waals surface area contributed by atoms with E-state index in [4.69, 9.17) is 10.3 Å². The van der Waals surface area contributed by atoms with Gasteiger partial charge in [0.15, 0.2) is 11.6 Å². The number of hydrogen-bond donors (Lipinski definition) is 1. The molecule has 0 atom stereocenters. The Morgan fingerprint density at radius 1 is 1.46 bits per heavy atom. The highest BCUT2D eigenvalue weighted by Crippen LogP contribution is 2.32. The van der Waals surface area contributed by atoms with Crippen LogP contribution in [0.25, 0.3) is 11.3 Å². The number of nitrogens with zero attached hydrogens (tertiary/aromatic N) is 1. The average Bonchev–Trinajstić information content (AvgIpc) is 2.62. The molecule has 0 bridgehead atoms. The number of hydrogen-bond acceptors (Lipinski definition) is 4. The lowest BCUT2D eigenvalue weighted by Gasteiger charge is -1.88. The van der Waals surface area contributed by atoms with Crippen LogP contribution in [0.5, 0.6) is 0 Å². The van der Waals surface area contributed by atoms with Crippen molar-refractivity contribution in [1.82, 2.24) is 5.16 Å². The number of thiophene rings is 1. The topological polar surface area (TPSA) is 52.0 Å². The minimum Gasteiger partial charge on any atom is -0.380 e. The van der Waals surface area contributed by atoms with Crippen LogP contribution >= 0.6 is 56.5 Å². The van der Waals surface area contributed by atoms with Gasteiger partial charge in [-0.2, -0.15) is 0 Å². The molecule has 0 aliphatic carbocycles. The zero-order valence-corrected chi connectivity index (χ0v) is 11.4. The summed E-state index contributed by atoms with van der Waals surface area (Å²) in [7, 11) is 0. The first-order valence-corrected chi connectivity index (χ1v) is 6.37. The molecule has 0 radical (unpaired) electrons. The van der Waals surface area contributed by atoms with Crippen LogP contribution in [0.4, 0.5) is 5.82 Å². The number of nitrogen functional groups attached to an aromatic ring is 1. The minimum absolute atomic E-state index is 0.455. The molecule has 0 saturated carbocycles. The highest BCUT2D eigenvalue weighted by molar-refractivity contribution is 14.1. The summed E-state index contributed by atoms with van der Waals surface area (Å²) in [5, 5.41) is 5.73. The zero-order valence-electron chi connectivity index (χ0n) is 6.25. The van der Waals surface area contributed by atoms with Gasteiger partial charge in [-0.3, -0.25) is 0 Å². The molecule has 0 fully saturated rings. The molecular weight excluding hydrogens is 414 g/mol. The van der Waals surface area contributed by atoms with Crippen LogP contribution in [-0.4, -0.2) is 5.16 Å². The van der Waals surface area contributed by atoms with Crippen LogP contribution in [0.15, 0.2) is 16.0 Å². The van der Waals surface area contributed by atoms with E-state index in [1.54, 1.807) is 11.3 Å². The summed E-state index contributed by atoms with van der Waals surface area (Å²) in [5.41, 5.74) is 6.62. The van der Waals surface area contributed by atoms with Gasteiger partial charge in [0, 0.05) is 10.9 Å². The van der Waals surface area contributed by atoms with Gasteiger partial charge < -0.3 is 10.3 Å². The van der Waals surface area contributed by atoms with Gasteiger partial charge in [-0.25, -0.2) is 0 Å². The Labute approximate surface area is 106 Å². The van der Waals surface area contributed by atoms with E-state index in [1.807, 2.05) is 11.4 Å². The molecule has 0 spiro atoms. The first kappa shape index (κ1) is 9.71. The lowest BCUT2D eigenvalue weighted by Crippen LogP contribution is -1.85. The second-order valence-corrected chi connectivity index (χ2v) is 6.23. The Bertz CT molecular complexity index is 437. The van der Waals surface area contributed by atoms with Crippen molar-refractivity contribution >= 4 is 62.3 Å². The molecule has 0 unspecified atom stereocenters. The lowest BCUT2D eigenvalue weighted by molar-refractivity contribution is 0.435. The van der Waals surface area contributed by atoms with Crippen molar-refractivity contribution < 1.29 is 4.52 Å². The molecule has 68 valence electrons. The summed E-state index contributed by atoms with van der Waals surface area (Å²) < 4.78 is 7.22. The van der Waals surface area contributed by atoms with E-state index in [0.29, 0.717) is 5.82 Å². The van der Waals surface area contributed by atoms with E-state index in [1.165, 1.54) is 2.88 Å². The lowest BCUT2D eigenvalue weighted by atomic mass is 10.3. The Hall–Kier alpha value is 0.170. The van der Waals surface area contributed by atoms with E-state index in [2.05, 4.69) is 50.3 Å². The van der Waals surface area contributed by atoms with Gasteiger partial charge in [-0.1, -0.05) is 5.16 Å². The molecule has 2 aromatic rings. The summed E-state index contributed by atoms with van der Waals surface area (Å²) in [5.74, 6) is 1.22. The molecule has 6 heteroatoms. The third-order valence-electron chi connectivity index (χ3n) is 1.49. The SMILES string of the molecule is Nc1noc(-c2csc(I)c2)c1I. The number of rotatable bonds is 1. The first-order valence-electron chi connectivity index (χ1n) is 3.33. The van der Waals surface area contributed by atoms with Gasteiger partial charge in [-0.15, -0.1) is 11.3 Å². The maximum absolute atomic E-state index is 5.57. The summed E-state index contributed by atoms with van der Waals surface area (Å²) >= 11 is 6.07. The fourth-order valence-corrected chi connectivity index (χ4v) is 2.73. The summed E-state index contributed by atoms with van der Waals surface area (Å²) in [4.78, 5) is 0. The number of nitrogens with two attached hydrogens (primary N) is 1. The molecule has 0 aliphatic heterocycles. The normalized spacial score (nSPS) is 10.6. The van der Waals surface area contributed by atoms with E-state index in [-0.39, 0.29) is 0 Å². The van der Waals surface area contributed by atoms with E-state index >= 15 is 0 Å². The standard InChI is InChI=1S/C7H4I2N2OS/c8-4-1-3(2-13-4)6-5(9)7(10)11-12-6/h1-2H,(H2,10,11). The molecule has 2 N–H and O–H groups in total. The van der Waals surface area contributed by atoms with E-state index < -0.39 is 0 Å². The molecule has 0 amide bonds. The smallest absolute Gasteiger partial charge is 0.183 e. The van der Waals surface area contributed by atoms with Crippen molar-refractivity contribution in [1.29, 1.82) is 0 Å². The number of halogens is 2. The fraction of sp³-hybridized carbons (Fsp3) is 0. The quantitative estimate of drug-likeness (QED) is 0.725. The van der Waals surface area contributed by atoms with Crippen LogP contribution in [-0.2, 0) is 0 Å². The maximum Gasteiger partial charge on any atom is 0.183 e. The molecule has 2 rings (SSSR count). The molecule has 2 heterocycles. The van der Waals surface area contributed by atoms with Crippen LogP contribution in [0.1, 0.15) is 0 Å². The van der Waals surface area contributed by atoms with Crippen molar-refractivity contribution in [3.05, 3.63) is 17.9 Å². The van der Waals surface area contributed by atoms with Gasteiger partial charge in [0.25, 0.3) is 0 Å². The summed E-state index contributed by atoms with van der Waals surface area (Å²) in [6.07, 6.45) is 0. The summed E-state index contributed by atoms with van der Waals surface area (Å²) in [6, 6.07) is 2.05. The zero-order chi connectivity index (χ0) is 9.42. The molecule has 3 nitrogen and oxygen atoms in total. The van der Waals surface area contributed by atoms with Crippen molar-refractivity contribution in [3.8, 4) is 11.3 Å². The van der Waals surface area contributed by atoms with Crippen LogP contribution in [0.2, 0.25) is 0 Å². The maximum atomic E-state index is 5.57. The van der Waals surface area contributed by atoms with Gasteiger partial charge in [0.05, 0.1) is 2.88 Å². The molecular formula is C7H4I2N2OS. The van der Waals surface area contributed by atoms with E-state index in [9.17, 15) is 0 Å². The molecule has 2 aromatic heterocycles. The highest BCUT2D eigenvalue weighted by Gasteiger charge is 2.13. The van der Waals surface area contributed by atoms with Crippen molar-refractivity contribution in [2.75, 3.05) is 5.73 Å². The minimum atomic E-state index is 0.455. The molecule has 13 heavy (non-hydrogen) atoms. The monoisotopic (exact) mass is 418 g/mol. The Morgan fingerprint density at radius 2 is 2.23 bits per heavy atom. The predicted molar refractivity (Wildman–Crippen MR) is 69.7 cm³/mol. The number of aromatic nitrogens is 1. The first-order chi connectivity index (χ1) is 6.18. The Morgan fingerprint density at radius 3 is 2.69 bits per heavy atom. The van der Waals surface area contributed by atoms with Gasteiger partial charge in [0.1, 0.15) is 3.57 Å². The van der Waals surface area contributed by atoms with Crippen LogP contribution in [0.3, 0.4) is 0 Å². The van der Waals surface area contributed by atoms with Crippen molar-refractivity contribution in [2.45, 2.75) is 0 Å². The second-order valence-electron chi connectivity index (χ2n) is 2.35.